The Balaban J connectivity index is 2.70. The highest BCUT2D eigenvalue weighted by Crippen LogP contribution is 2.14. The van der Waals surface area contributed by atoms with Crippen molar-refractivity contribution in [2.75, 3.05) is 5.73 Å². The zero-order chi connectivity index (χ0) is 12.6. The second-order valence-electron chi connectivity index (χ2n) is 3.67. The summed E-state index contributed by atoms with van der Waals surface area (Å²) in [6.07, 6.45) is 0. The molecule has 0 saturated heterocycles. The van der Waals surface area contributed by atoms with E-state index in [0.717, 1.165) is 10.1 Å². The normalized spacial score (nSPS) is 10.4. The number of carbonyl (C=O) groups is 1. The zero-order valence-corrected chi connectivity index (χ0v) is 9.10. The summed E-state index contributed by atoms with van der Waals surface area (Å²) >= 11 is 0. The average Bonchev–Trinajstić information content (AvgIpc) is 2.55. The van der Waals surface area contributed by atoms with Crippen LogP contribution in [0.2, 0.25) is 0 Å². The maximum Gasteiger partial charge on any atom is 0.356 e. The van der Waals surface area contributed by atoms with Gasteiger partial charge in [-0.1, -0.05) is 17.7 Å². The SMILES string of the molecule is Cc1ccc(-n2c(C(=O)O)c(N)[nH]c2=O)cc1. The van der Waals surface area contributed by atoms with Crippen LogP contribution >= 0.6 is 0 Å². The third kappa shape index (κ3) is 1.80. The number of aryl methyl sites for hydroxylation is 1. The Labute approximate surface area is 96.3 Å². The van der Waals surface area contributed by atoms with Crippen LogP contribution in [-0.2, 0) is 0 Å². The van der Waals surface area contributed by atoms with Crippen LogP contribution in [0.25, 0.3) is 5.69 Å². The van der Waals surface area contributed by atoms with E-state index in [1.807, 2.05) is 6.92 Å². The lowest BCUT2D eigenvalue weighted by Crippen LogP contribution is -2.19. The molecule has 6 nitrogen and oxygen atoms in total. The number of benzene rings is 1. The predicted molar refractivity (Wildman–Crippen MR) is 62.5 cm³/mol. The van der Waals surface area contributed by atoms with Crippen molar-refractivity contribution in [3.05, 3.63) is 46.0 Å². The summed E-state index contributed by atoms with van der Waals surface area (Å²) < 4.78 is 1.04. The topological polar surface area (TPSA) is 101 Å². The van der Waals surface area contributed by atoms with E-state index in [4.69, 9.17) is 10.8 Å². The number of rotatable bonds is 2. The number of hydrogen-bond acceptors (Lipinski definition) is 3. The number of hydrogen-bond donors (Lipinski definition) is 3. The number of H-pyrrole nitrogens is 1. The van der Waals surface area contributed by atoms with Gasteiger partial charge in [-0.25, -0.2) is 9.59 Å². The fourth-order valence-electron chi connectivity index (χ4n) is 1.60. The van der Waals surface area contributed by atoms with Crippen molar-refractivity contribution >= 4 is 11.8 Å². The van der Waals surface area contributed by atoms with Crippen LogP contribution in [0.15, 0.2) is 29.1 Å². The van der Waals surface area contributed by atoms with Crippen molar-refractivity contribution in [2.45, 2.75) is 6.92 Å². The smallest absolute Gasteiger partial charge is 0.356 e. The van der Waals surface area contributed by atoms with Gasteiger partial charge in [-0.15, -0.1) is 0 Å². The van der Waals surface area contributed by atoms with Crippen LogP contribution in [0.3, 0.4) is 0 Å². The van der Waals surface area contributed by atoms with Gasteiger partial charge < -0.3 is 10.8 Å². The molecule has 0 amide bonds. The summed E-state index contributed by atoms with van der Waals surface area (Å²) in [6, 6.07) is 6.90. The molecule has 2 aromatic rings. The number of nitrogens with two attached hydrogens (primary N) is 1. The first-order chi connectivity index (χ1) is 8.00. The number of nitrogens with one attached hydrogen (secondary N) is 1. The minimum absolute atomic E-state index is 0.150. The lowest BCUT2D eigenvalue weighted by atomic mass is 10.2. The van der Waals surface area contributed by atoms with E-state index in [1.165, 1.54) is 0 Å². The summed E-state index contributed by atoms with van der Waals surface area (Å²) in [5, 5.41) is 9.02. The number of carboxylic acids is 1. The number of carboxylic acid groups (broad SMARTS) is 1. The van der Waals surface area contributed by atoms with E-state index in [-0.39, 0.29) is 11.5 Å². The Bertz CT molecular complexity index is 622. The Morgan fingerprint density at radius 1 is 1.35 bits per heavy atom. The van der Waals surface area contributed by atoms with Gasteiger partial charge in [-0.2, -0.15) is 0 Å². The van der Waals surface area contributed by atoms with E-state index < -0.39 is 11.7 Å². The van der Waals surface area contributed by atoms with Crippen molar-refractivity contribution < 1.29 is 9.90 Å². The van der Waals surface area contributed by atoms with E-state index in [0.29, 0.717) is 5.69 Å². The largest absolute Gasteiger partial charge is 0.476 e. The van der Waals surface area contributed by atoms with Crippen LogP contribution in [0.5, 0.6) is 0 Å². The molecule has 0 aliphatic heterocycles. The van der Waals surface area contributed by atoms with E-state index in [1.54, 1.807) is 24.3 Å². The molecule has 1 aromatic carbocycles. The Morgan fingerprint density at radius 2 is 1.94 bits per heavy atom. The summed E-state index contributed by atoms with van der Waals surface area (Å²) in [7, 11) is 0. The van der Waals surface area contributed by atoms with Gasteiger partial charge in [0.25, 0.3) is 0 Å². The lowest BCUT2D eigenvalue weighted by molar-refractivity contribution is 0.0689. The highest BCUT2D eigenvalue weighted by molar-refractivity contribution is 5.91. The maximum absolute atomic E-state index is 11.6. The second kappa shape index (κ2) is 3.82. The van der Waals surface area contributed by atoms with Crippen molar-refractivity contribution in [3.8, 4) is 5.69 Å². The fraction of sp³-hybridized carbons (Fsp3) is 0.0909. The highest BCUT2D eigenvalue weighted by atomic mass is 16.4. The van der Waals surface area contributed by atoms with Crippen LogP contribution in [0.4, 0.5) is 5.82 Å². The Hall–Kier alpha value is -2.50. The monoisotopic (exact) mass is 233 g/mol. The van der Waals surface area contributed by atoms with Gasteiger partial charge >= 0.3 is 11.7 Å². The predicted octanol–water partition coefficient (Wildman–Crippen LogP) is 0.754. The summed E-state index contributed by atoms with van der Waals surface area (Å²) in [5.74, 6) is -1.40. The van der Waals surface area contributed by atoms with Gasteiger partial charge in [0.1, 0.15) is 5.82 Å². The van der Waals surface area contributed by atoms with Gasteiger partial charge in [0.2, 0.25) is 0 Å². The quantitative estimate of drug-likeness (QED) is 0.712. The minimum atomic E-state index is -1.25. The summed E-state index contributed by atoms with van der Waals surface area (Å²) in [6.45, 7) is 1.90. The first-order valence-corrected chi connectivity index (χ1v) is 4.91. The molecule has 17 heavy (non-hydrogen) atoms. The van der Waals surface area contributed by atoms with Gasteiger partial charge in [-0.05, 0) is 19.1 Å². The maximum atomic E-state index is 11.6. The van der Waals surface area contributed by atoms with E-state index in [2.05, 4.69) is 4.98 Å². The Morgan fingerprint density at radius 3 is 2.47 bits per heavy atom. The van der Waals surface area contributed by atoms with Crippen molar-refractivity contribution in [3.63, 3.8) is 0 Å². The highest BCUT2D eigenvalue weighted by Gasteiger charge is 2.19. The molecule has 1 heterocycles. The number of nitrogens with zero attached hydrogens (tertiary/aromatic N) is 1. The minimum Gasteiger partial charge on any atom is -0.476 e. The molecule has 4 N–H and O–H groups in total. The number of anilines is 1. The van der Waals surface area contributed by atoms with Crippen LogP contribution in [0, 0.1) is 6.92 Å². The standard InChI is InChI=1S/C11H11N3O3/c1-6-2-4-7(5-3-6)14-8(10(15)16)9(12)13-11(14)17/h2-5H,12H2,1H3,(H,13,17)(H,15,16). The van der Waals surface area contributed by atoms with Crippen LogP contribution in [0.1, 0.15) is 16.1 Å². The average molecular weight is 233 g/mol. The third-order valence-corrected chi connectivity index (χ3v) is 2.42. The molecule has 0 saturated carbocycles. The van der Waals surface area contributed by atoms with Crippen molar-refractivity contribution in [1.82, 2.24) is 9.55 Å². The zero-order valence-electron chi connectivity index (χ0n) is 9.10. The molecular weight excluding hydrogens is 222 g/mol. The molecule has 0 unspecified atom stereocenters. The third-order valence-electron chi connectivity index (χ3n) is 2.42. The molecule has 1 aromatic heterocycles. The number of nitrogen functional groups attached to an aromatic ring is 1. The molecule has 0 aliphatic carbocycles. The number of aromatic amines is 1. The van der Waals surface area contributed by atoms with Gasteiger partial charge in [0, 0.05) is 0 Å². The molecule has 6 heteroatoms. The van der Waals surface area contributed by atoms with Gasteiger partial charge in [0.05, 0.1) is 5.69 Å². The molecule has 0 bridgehead atoms. The number of aromatic nitrogens is 2. The van der Waals surface area contributed by atoms with E-state index >= 15 is 0 Å². The second-order valence-corrected chi connectivity index (χ2v) is 3.67. The summed E-state index contributed by atoms with van der Waals surface area (Å²) in [4.78, 5) is 24.9. The molecule has 0 aliphatic rings. The first-order valence-electron chi connectivity index (χ1n) is 4.91. The first kappa shape index (κ1) is 11.0. The van der Waals surface area contributed by atoms with Crippen LogP contribution < -0.4 is 11.4 Å². The lowest BCUT2D eigenvalue weighted by Gasteiger charge is -2.04. The molecule has 0 spiro atoms. The molecule has 0 atom stereocenters. The van der Waals surface area contributed by atoms with E-state index in [9.17, 15) is 9.59 Å². The molecular formula is C11H11N3O3. The molecule has 88 valence electrons. The van der Waals surface area contributed by atoms with Crippen molar-refractivity contribution in [2.24, 2.45) is 0 Å². The summed E-state index contributed by atoms with van der Waals surface area (Å²) in [5.41, 5.74) is 6.12. The molecule has 2 rings (SSSR count). The Kier molecular flexibility index (Phi) is 2.47. The molecule has 0 fully saturated rings. The van der Waals surface area contributed by atoms with Gasteiger partial charge in [0.15, 0.2) is 5.69 Å². The van der Waals surface area contributed by atoms with Crippen LogP contribution in [-0.4, -0.2) is 20.6 Å². The number of imidazole rings is 1. The van der Waals surface area contributed by atoms with Gasteiger partial charge in [-0.3, -0.25) is 9.55 Å². The molecule has 0 radical (unpaired) electrons. The van der Waals surface area contributed by atoms with Crippen molar-refractivity contribution in [1.29, 1.82) is 0 Å². The fourth-order valence-corrected chi connectivity index (χ4v) is 1.60. The number of aromatic carboxylic acids is 1.